The molecule has 0 fully saturated rings. The van der Waals surface area contributed by atoms with Crippen LogP contribution in [0.1, 0.15) is 24.2 Å². The van der Waals surface area contributed by atoms with Crippen LogP contribution in [0.25, 0.3) is 0 Å². The van der Waals surface area contributed by atoms with Gasteiger partial charge in [0.05, 0.1) is 21.3 Å². The number of rotatable bonds is 8. The number of hydrogen-bond acceptors (Lipinski definition) is 7. The third kappa shape index (κ3) is 5.63. The van der Waals surface area contributed by atoms with Gasteiger partial charge in [0, 0.05) is 30.4 Å². The number of carbonyl (C=O) groups excluding carboxylic acids is 3. The average Bonchev–Trinajstić information content (AvgIpc) is 2.73. The van der Waals surface area contributed by atoms with E-state index in [0.29, 0.717) is 22.9 Å². The minimum Gasteiger partial charge on any atom is -0.496 e. The number of ether oxygens (including phenoxy) is 4. The molecule has 0 bridgehead atoms. The lowest BCUT2D eigenvalue weighted by Crippen LogP contribution is -2.30. The van der Waals surface area contributed by atoms with Crippen LogP contribution < -0.4 is 24.8 Å². The van der Waals surface area contributed by atoms with Crippen LogP contribution in [-0.2, 0) is 14.3 Å². The monoisotopic (exact) mass is 416 g/mol. The van der Waals surface area contributed by atoms with Gasteiger partial charge >= 0.3 is 5.97 Å². The van der Waals surface area contributed by atoms with Crippen LogP contribution in [0.3, 0.4) is 0 Å². The number of amides is 2. The second-order valence-corrected chi connectivity index (χ2v) is 6.20. The van der Waals surface area contributed by atoms with Gasteiger partial charge in [0.25, 0.3) is 5.91 Å². The van der Waals surface area contributed by atoms with Crippen LogP contribution >= 0.6 is 0 Å². The Hall–Kier alpha value is -3.75. The molecule has 0 spiro atoms. The molecule has 9 nitrogen and oxygen atoms in total. The summed E-state index contributed by atoms with van der Waals surface area (Å²) in [6, 6.07) is 9.44. The molecular formula is C21H24N2O7. The number of anilines is 2. The zero-order chi connectivity index (χ0) is 22.3. The zero-order valence-corrected chi connectivity index (χ0v) is 17.4. The highest BCUT2D eigenvalue weighted by Crippen LogP contribution is 2.35. The van der Waals surface area contributed by atoms with E-state index in [2.05, 4.69) is 10.6 Å². The topological polar surface area (TPSA) is 112 Å². The van der Waals surface area contributed by atoms with Crippen molar-refractivity contribution < 1.29 is 33.3 Å². The molecule has 0 saturated heterocycles. The summed E-state index contributed by atoms with van der Waals surface area (Å²) in [5, 5.41) is 5.27. The van der Waals surface area contributed by atoms with Gasteiger partial charge in [0.1, 0.15) is 11.3 Å². The summed E-state index contributed by atoms with van der Waals surface area (Å²) in [6.07, 6.45) is -1.08. The molecule has 0 aliphatic carbocycles. The molecular weight excluding hydrogens is 392 g/mol. The van der Waals surface area contributed by atoms with Gasteiger partial charge in [-0.25, -0.2) is 4.79 Å². The summed E-state index contributed by atoms with van der Waals surface area (Å²) in [4.78, 5) is 36.0. The molecule has 0 radical (unpaired) electrons. The van der Waals surface area contributed by atoms with Crippen molar-refractivity contribution in [2.45, 2.75) is 20.0 Å². The van der Waals surface area contributed by atoms with Crippen molar-refractivity contribution in [3.05, 3.63) is 42.0 Å². The highest BCUT2D eigenvalue weighted by atomic mass is 16.6. The number of nitrogens with one attached hydrogen (secondary N) is 2. The van der Waals surface area contributed by atoms with Crippen molar-refractivity contribution in [1.29, 1.82) is 0 Å². The summed E-state index contributed by atoms with van der Waals surface area (Å²) in [6.45, 7) is 2.85. The van der Waals surface area contributed by atoms with Crippen LogP contribution in [0, 0.1) is 0 Å². The molecule has 0 heterocycles. The maximum atomic E-state index is 12.6. The SMILES string of the molecule is COc1cc(OC)c(C(=O)O[C@@H](C)C(=O)Nc2ccc(NC(C)=O)cc2)cc1OC. The lowest BCUT2D eigenvalue weighted by Gasteiger charge is -2.16. The van der Waals surface area contributed by atoms with Crippen molar-refractivity contribution in [2.75, 3.05) is 32.0 Å². The molecule has 0 aliphatic heterocycles. The fraction of sp³-hybridized carbons (Fsp3) is 0.286. The minimum absolute atomic E-state index is 0.0921. The Morgan fingerprint density at radius 1 is 0.800 bits per heavy atom. The van der Waals surface area contributed by atoms with E-state index in [1.54, 1.807) is 24.3 Å². The van der Waals surface area contributed by atoms with Gasteiger partial charge in [-0.1, -0.05) is 0 Å². The molecule has 2 amide bonds. The molecule has 0 unspecified atom stereocenters. The van der Waals surface area contributed by atoms with Crippen molar-refractivity contribution in [1.82, 2.24) is 0 Å². The molecule has 2 rings (SSSR count). The summed E-state index contributed by atoms with van der Waals surface area (Å²) in [5.41, 5.74) is 1.18. The van der Waals surface area contributed by atoms with Gasteiger partial charge in [-0.2, -0.15) is 0 Å². The Morgan fingerprint density at radius 2 is 1.30 bits per heavy atom. The lowest BCUT2D eigenvalue weighted by molar-refractivity contribution is -0.123. The zero-order valence-electron chi connectivity index (χ0n) is 17.4. The van der Waals surface area contributed by atoms with Gasteiger partial charge in [-0.3, -0.25) is 9.59 Å². The van der Waals surface area contributed by atoms with Gasteiger partial charge in [0.15, 0.2) is 17.6 Å². The number of benzene rings is 2. The first-order valence-corrected chi connectivity index (χ1v) is 8.98. The van der Waals surface area contributed by atoms with E-state index in [-0.39, 0.29) is 17.2 Å². The molecule has 30 heavy (non-hydrogen) atoms. The quantitative estimate of drug-likeness (QED) is 0.636. The van der Waals surface area contributed by atoms with Gasteiger partial charge < -0.3 is 29.6 Å². The van der Waals surface area contributed by atoms with Gasteiger partial charge in [-0.05, 0) is 31.2 Å². The van der Waals surface area contributed by atoms with Crippen molar-refractivity contribution in [3.8, 4) is 17.2 Å². The molecule has 1 atom stereocenters. The van der Waals surface area contributed by atoms with E-state index in [4.69, 9.17) is 18.9 Å². The summed E-state index contributed by atoms with van der Waals surface area (Å²) in [5.74, 6) is -0.538. The first-order valence-electron chi connectivity index (χ1n) is 8.98. The second-order valence-electron chi connectivity index (χ2n) is 6.20. The Kier molecular flexibility index (Phi) is 7.62. The van der Waals surface area contributed by atoms with Gasteiger partial charge in [-0.15, -0.1) is 0 Å². The van der Waals surface area contributed by atoms with E-state index in [1.165, 1.54) is 47.3 Å². The number of carbonyl (C=O) groups is 3. The first kappa shape index (κ1) is 22.5. The summed E-state index contributed by atoms with van der Waals surface area (Å²) < 4.78 is 20.9. The van der Waals surface area contributed by atoms with Gasteiger partial charge in [0.2, 0.25) is 5.91 Å². The van der Waals surface area contributed by atoms with Crippen molar-refractivity contribution in [2.24, 2.45) is 0 Å². The molecule has 2 N–H and O–H groups in total. The van der Waals surface area contributed by atoms with Crippen molar-refractivity contribution in [3.63, 3.8) is 0 Å². The molecule has 0 saturated carbocycles. The Morgan fingerprint density at radius 3 is 1.80 bits per heavy atom. The number of esters is 1. The highest BCUT2D eigenvalue weighted by Gasteiger charge is 2.23. The maximum absolute atomic E-state index is 12.6. The molecule has 9 heteroatoms. The van der Waals surface area contributed by atoms with E-state index in [1.807, 2.05) is 0 Å². The Bertz CT molecular complexity index is 926. The van der Waals surface area contributed by atoms with Crippen LogP contribution in [-0.4, -0.2) is 45.2 Å². The third-order valence-electron chi connectivity index (χ3n) is 4.05. The van der Waals surface area contributed by atoms with Crippen LogP contribution in [0.4, 0.5) is 11.4 Å². The summed E-state index contributed by atoms with van der Waals surface area (Å²) in [7, 11) is 4.30. The predicted molar refractivity (Wildman–Crippen MR) is 110 cm³/mol. The fourth-order valence-corrected chi connectivity index (χ4v) is 2.55. The first-order chi connectivity index (χ1) is 14.3. The molecule has 0 aromatic heterocycles. The van der Waals surface area contributed by atoms with E-state index in [9.17, 15) is 14.4 Å². The van der Waals surface area contributed by atoms with Crippen LogP contribution in [0.15, 0.2) is 36.4 Å². The fourth-order valence-electron chi connectivity index (χ4n) is 2.55. The lowest BCUT2D eigenvalue weighted by atomic mass is 10.1. The Balaban J connectivity index is 2.08. The van der Waals surface area contributed by atoms with E-state index < -0.39 is 18.0 Å². The third-order valence-corrected chi connectivity index (χ3v) is 4.05. The van der Waals surface area contributed by atoms with Crippen molar-refractivity contribution >= 4 is 29.2 Å². The smallest absolute Gasteiger partial charge is 0.342 e. The van der Waals surface area contributed by atoms with Crippen LogP contribution in [0.2, 0.25) is 0 Å². The average molecular weight is 416 g/mol. The molecule has 160 valence electrons. The van der Waals surface area contributed by atoms with E-state index >= 15 is 0 Å². The number of hydrogen-bond donors (Lipinski definition) is 2. The standard InChI is InChI=1S/C21H24N2O7/c1-12(20(25)23-15-8-6-14(7-9-15)22-13(2)24)30-21(26)16-10-18(28-4)19(29-5)11-17(16)27-3/h6-12H,1-5H3,(H,22,24)(H,23,25)/t12-/m0/s1. The van der Waals surface area contributed by atoms with Crippen LogP contribution in [0.5, 0.6) is 17.2 Å². The maximum Gasteiger partial charge on any atom is 0.342 e. The normalized spacial score (nSPS) is 11.1. The van der Waals surface area contributed by atoms with E-state index in [0.717, 1.165) is 0 Å². The largest absolute Gasteiger partial charge is 0.496 e. The second kappa shape index (κ2) is 10.1. The molecule has 0 aliphatic rings. The minimum atomic E-state index is -1.08. The molecule has 2 aromatic rings. The predicted octanol–water partition coefficient (Wildman–Crippen LogP) is 2.85. The highest BCUT2D eigenvalue weighted by molar-refractivity contribution is 5.99. The summed E-state index contributed by atoms with van der Waals surface area (Å²) >= 11 is 0. The number of methoxy groups -OCH3 is 3. The molecule has 2 aromatic carbocycles. The Labute approximate surface area is 174 Å².